The zero-order chi connectivity index (χ0) is 16.5. The molecule has 0 aromatic heterocycles. The quantitative estimate of drug-likeness (QED) is 0.610. The normalized spacial score (nSPS) is 9.73. The highest BCUT2D eigenvalue weighted by Crippen LogP contribution is 2.24. The molecule has 0 aliphatic heterocycles. The highest BCUT2D eigenvalue weighted by molar-refractivity contribution is 5.80. The molecule has 0 saturated heterocycles. The van der Waals surface area contributed by atoms with Crippen molar-refractivity contribution in [1.82, 2.24) is 5.32 Å². The van der Waals surface area contributed by atoms with E-state index in [0.29, 0.717) is 5.75 Å². The van der Waals surface area contributed by atoms with Gasteiger partial charge in [-0.15, -0.1) is 0 Å². The number of amides is 1. The van der Waals surface area contributed by atoms with E-state index in [0.717, 1.165) is 16.7 Å². The number of rotatable bonds is 7. The molecule has 22 heavy (non-hydrogen) atoms. The summed E-state index contributed by atoms with van der Waals surface area (Å²) in [6, 6.07) is 5.84. The van der Waals surface area contributed by atoms with E-state index in [1.54, 1.807) is 0 Å². The maximum absolute atomic E-state index is 11.6. The zero-order valence-corrected chi connectivity index (χ0v) is 13.1. The van der Waals surface area contributed by atoms with Crippen molar-refractivity contribution in [3.63, 3.8) is 0 Å². The van der Waals surface area contributed by atoms with E-state index < -0.39 is 11.9 Å². The van der Waals surface area contributed by atoms with Crippen LogP contribution in [0.2, 0.25) is 0 Å². The van der Waals surface area contributed by atoms with Crippen LogP contribution in [0.25, 0.3) is 0 Å². The van der Waals surface area contributed by atoms with Crippen molar-refractivity contribution in [2.45, 2.75) is 27.2 Å². The number of aryl methyl sites for hydroxylation is 3. The van der Waals surface area contributed by atoms with Crippen molar-refractivity contribution in [1.29, 1.82) is 5.26 Å². The molecule has 0 heterocycles. The molecule has 0 unspecified atom stereocenters. The second kappa shape index (κ2) is 8.67. The van der Waals surface area contributed by atoms with Crippen molar-refractivity contribution >= 4 is 11.9 Å². The Morgan fingerprint density at radius 3 is 2.41 bits per heavy atom. The molecule has 0 aliphatic rings. The van der Waals surface area contributed by atoms with E-state index in [1.807, 2.05) is 39.0 Å². The molecule has 1 aromatic carbocycles. The molecular formula is C16H20N2O4. The lowest BCUT2D eigenvalue weighted by molar-refractivity contribution is -0.150. The number of nitriles is 1. The predicted octanol–water partition coefficient (Wildman–Crippen LogP) is 1.56. The van der Waals surface area contributed by atoms with Crippen LogP contribution in [0.15, 0.2) is 12.1 Å². The molecule has 1 N–H and O–H groups in total. The average Bonchev–Trinajstić information content (AvgIpc) is 2.44. The third-order valence-electron chi connectivity index (χ3n) is 2.86. The summed E-state index contributed by atoms with van der Waals surface area (Å²) in [4.78, 5) is 22.9. The van der Waals surface area contributed by atoms with E-state index in [-0.39, 0.29) is 26.2 Å². The molecular weight excluding hydrogens is 284 g/mol. The number of nitrogens with one attached hydrogen (secondary N) is 1. The topological polar surface area (TPSA) is 88.4 Å². The largest absolute Gasteiger partial charge is 0.481 e. The molecule has 1 aromatic rings. The fourth-order valence-electron chi connectivity index (χ4n) is 2.02. The van der Waals surface area contributed by atoms with Crippen molar-refractivity contribution in [3.8, 4) is 11.8 Å². The summed E-state index contributed by atoms with van der Waals surface area (Å²) < 4.78 is 10.3. The molecule has 6 heteroatoms. The summed E-state index contributed by atoms with van der Waals surface area (Å²) in [6.45, 7) is 5.41. The summed E-state index contributed by atoms with van der Waals surface area (Å²) in [5, 5.41) is 10.8. The van der Waals surface area contributed by atoms with Gasteiger partial charge >= 0.3 is 5.97 Å². The minimum absolute atomic E-state index is 0.217. The first-order valence-corrected chi connectivity index (χ1v) is 6.94. The molecule has 1 amide bonds. The van der Waals surface area contributed by atoms with Gasteiger partial charge in [0.05, 0.1) is 12.5 Å². The van der Waals surface area contributed by atoms with Gasteiger partial charge in [-0.2, -0.15) is 5.26 Å². The Labute approximate surface area is 130 Å². The first-order chi connectivity index (χ1) is 10.4. The summed E-state index contributed by atoms with van der Waals surface area (Å²) in [5.41, 5.74) is 3.01. The van der Waals surface area contributed by atoms with Crippen molar-refractivity contribution in [2.75, 3.05) is 19.8 Å². The van der Waals surface area contributed by atoms with Crippen LogP contribution in [0.4, 0.5) is 0 Å². The second-order valence-electron chi connectivity index (χ2n) is 4.94. The SMILES string of the molecule is Cc1cc(C)c(OCC(=O)OCC(=O)NCCC#N)c(C)c1. The monoisotopic (exact) mass is 304 g/mol. The van der Waals surface area contributed by atoms with Gasteiger partial charge < -0.3 is 14.8 Å². The highest BCUT2D eigenvalue weighted by Gasteiger charge is 2.11. The Hall–Kier alpha value is -2.55. The van der Waals surface area contributed by atoms with Gasteiger partial charge in [-0.3, -0.25) is 4.79 Å². The molecule has 0 fully saturated rings. The Morgan fingerprint density at radius 1 is 1.18 bits per heavy atom. The summed E-state index contributed by atoms with van der Waals surface area (Å²) >= 11 is 0. The Balaban J connectivity index is 2.38. The summed E-state index contributed by atoms with van der Waals surface area (Å²) in [7, 11) is 0. The van der Waals surface area contributed by atoms with E-state index in [4.69, 9.17) is 14.7 Å². The third kappa shape index (κ3) is 5.83. The predicted molar refractivity (Wildman–Crippen MR) is 80.3 cm³/mol. The van der Waals surface area contributed by atoms with Crippen LogP contribution in [-0.4, -0.2) is 31.6 Å². The van der Waals surface area contributed by atoms with Crippen LogP contribution in [0.1, 0.15) is 23.1 Å². The molecule has 1 rings (SSSR count). The van der Waals surface area contributed by atoms with Crippen LogP contribution in [-0.2, 0) is 14.3 Å². The van der Waals surface area contributed by atoms with Crippen LogP contribution >= 0.6 is 0 Å². The fourth-order valence-corrected chi connectivity index (χ4v) is 2.02. The Bertz CT molecular complexity index is 567. The number of nitrogens with zero attached hydrogens (tertiary/aromatic N) is 1. The second-order valence-corrected chi connectivity index (χ2v) is 4.94. The number of esters is 1. The lowest BCUT2D eigenvalue weighted by Crippen LogP contribution is -2.30. The maximum atomic E-state index is 11.6. The van der Waals surface area contributed by atoms with Gasteiger partial charge in [0, 0.05) is 6.54 Å². The van der Waals surface area contributed by atoms with Crippen molar-refractivity contribution < 1.29 is 19.1 Å². The van der Waals surface area contributed by atoms with Crippen LogP contribution in [0, 0.1) is 32.1 Å². The summed E-state index contributed by atoms with van der Waals surface area (Å²) in [6.07, 6.45) is 0.217. The van der Waals surface area contributed by atoms with E-state index in [9.17, 15) is 9.59 Å². The van der Waals surface area contributed by atoms with Gasteiger partial charge in [-0.05, 0) is 31.9 Å². The minimum atomic E-state index is -0.616. The lowest BCUT2D eigenvalue weighted by atomic mass is 10.1. The van der Waals surface area contributed by atoms with E-state index >= 15 is 0 Å². The molecule has 6 nitrogen and oxygen atoms in total. The highest BCUT2D eigenvalue weighted by atomic mass is 16.6. The van der Waals surface area contributed by atoms with Gasteiger partial charge in [-0.25, -0.2) is 4.79 Å². The Morgan fingerprint density at radius 2 is 1.82 bits per heavy atom. The molecule has 0 bridgehead atoms. The molecule has 0 radical (unpaired) electrons. The average molecular weight is 304 g/mol. The molecule has 0 aliphatic carbocycles. The van der Waals surface area contributed by atoms with Crippen molar-refractivity contribution in [3.05, 3.63) is 28.8 Å². The smallest absolute Gasteiger partial charge is 0.344 e. The number of carbonyl (C=O) groups is 2. The van der Waals surface area contributed by atoms with Gasteiger partial charge in [0.1, 0.15) is 5.75 Å². The van der Waals surface area contributed by atoms with Crippen LogP contribution in [0.3, 0.4) is 0 Å². The third-order valence-corrected chi connectivity index (χ3v) is 2.86. The number of benzene rings is 1. The van der Waals surface area contributed by atoms with Gasteiger partial charge in [0.25, 0.3) is 5.91 Å². The number of hydrogen-bond donors (Lipinski definition) is 1. The summed E-state index contributed by atoms with van der Waals surface area (Å²) in [5.74, 6) is -0.401. The number of hydrogen-bond acceptors (Lipinski definition) is 5. The molecule has 118 valence electrons. The lowest BCUT2D eigenvalue weighted by Gasteiger charge is -2.12. The first-order valence-electron chi connectivity index (χ1n) is 6.94. The fraction of sp³-hybridized carbons (Fsp3) is 0.438. The maximum Gasteiger partial charge on any atom is 0.344 e. The number of carbonyl (C=O) groups excluding carboxylic acids is 2. The van der Waals surface area contributed by atoms with Crippen LogP contribution in [0.5, 0.6) is 5.75 Å². The van der Waals surface area contributed by atoms with Gasteiger partial charge in [0.2, 0.25) is 0 Å². The Kier molecular flexibility index (Phi) is 6.90. The van der Waals surface area contributed by atoms with Crippen molar-refractivity contribution in [2.24, 2.45) is 0 Å². The molecule has 0 atom stereocenters. The van der Waals surface area contributed by atoms with E-state index in [1.165, 1.54) is 0 Å². The molecule has 0 saturated carbocycles. The number of ether oxygens (including phenoxy) is 2. The standard InChI is InChI=1S/C16H20N2O4/c1-11-7-12(2)16(13(3)8-11)22-10-15(20)21-9-14(19)18-6-4-5-17/h7-8H,4,6,9-10H2,1-3H3,(H,18,19). The van der Waals surface area contributed by atoms with E-state index in [2.05, 4.69) is 5.32 Å². The van der Waals surface area contributed by atoms with Gasteiger partial charge in [-0.1, -0.05) is 17.7 Å². The minimum Gasteiger partial charge on any atom is -0.481 e. The van der Waals surface area contributed by atoms with Crippen LogP contribution < -0.4 is 10.1 Å². The van der Waals surface area contributed by atoms with Gasteiger partial charge in [0.15, 0.2) is 13.2 Å². The molecule has 0 spiro atoms. The first kappa shape index (κ1) is 17.5. The zero-order valence-electron chi connectivity index (χ0n) is 13.1.